The fraction of sp³-hybridized carbons (Fsp3) is 0.500. The van der Waals surface area contributed by atoms with Crippen LogP contribution < -0.4 is 5.32 Å². The van der Waals surface area contributed by atoms with Gasteiger partial charge in [0.05, 0.1) is 19.1 Å². The van der Waals surface area contributed by atoms with E-state index < -0.39 is 30.8 Å². The number of nitrogens with one attached hydrogen (secondary N) is 1. The lowest BCUT2D eigenvalue weighted by Crippen LogP contribution is -2.55. The summed E-state index contributed by atoms with van der Waals surface area (Å²) in [4.78, 5) is 27.6. The first kappa shape index (κ1) is 19.9. The molecule has 0 radical (unpaired) electrons. The van der Waals surface area contributed by atoms with Crippen LogP contribution in [-0.4, -0.2) is 59.8 Å². The van der Waals surface area contributed by atoms with E-state index in [0.29, 0.717) is 24.7 Å². The van der Waals surface area contributed by atoms with Crippen molar-refractivity contribution >= 4 is 35.8 Å². The molecule has 0 saturated carbocycles. The van der Waals surface area contributed by atoms with Crippen LogP contribution in [0.15, 0.2) is 24.3 Å². The number of hydrogen-bond acceptors (Lipinski definition) is 3. The minimum atomic E-state index is -2.86. The molecular weight excluding hydrogens is 375 g/mol. The zero-order valence-electron chi connectivity index (χ0n) is 13.4. The van der Waals surface area contributed by atoms with Gasteiger partial charge in [-0.25, -0.2) is 8.78 Å². The number of nitrogens with zero attached hydrogens (tertiary/aromatic N) is 2. The molecular formula is C16H19Cl2F2N3O2. The fourth-order valence-electron chi connectivity index (χ4n) is 3.03. The number of halogens is 4. The molecule has 1 N–H and O–H groups in total. The molecule has 5 nitrogen and oxygen atoms in total. The van der Waals surface area contributed by atoms with Crippen molar-refractivity contribution in [1.82, 2.24) is 15.1 Å². The molecule has 2 heterocycles. The Morgan fingerprint density at radius 3 is 2.72 bits per heavy atom. The summed E-state index contributed by atoms with van der Waals surface area (Å²) in [6.07, 6.45) is -0.511. The first-order chi connectivity index (χ1) is 11.3. The molecule has 138 valence electrons. The molecule has 2 fully saturated rings. The van der Waals surface area contributed by atoms with Gasteiger partial charge < -0.3 is 9.80 Å². The van der Waals surface area contributed by atoms with E-state index in [1.165, 1.54) is 4.90 Å². The van der Waals surface area contributed by atoms with Crippen molar-refractivity contribution in [2.24, 2.45) is 0 Å². The molecule has 1 unspecified atom stereocenters. The quantitative estimate of drug-likeness (QED) is 0.853. The molecule has 0 bridgehead atoms. The molecule has 2 aliphatic rings. The highest BCUT2D eigenvalue weighted by Gasteiger charge is 2.44. The standard InChI is InChI=1S/C16H18ClF2N3O2.ClH/c17-12-3-1-2-11(6-12)8-21-4-5-22(9-14(21)23)15(24)13-7-16(18,19)10-20-13;/h1-3,6,13,20H,4-5,7-10H2;1H. The predicted molar refractivity (Wildman–Crippen MR) is 92.1 cm³/mol. The van der Waals surface area contributed by atoms with E-state index in [4.69, 9.17) is 11.6 Å². The van der Waals surface area contributed by atoms with E-state index >= 15 is 0 Å². The lowest BCUT2D eigenvalue weighted by atomic mass is 10.1. The van der Waals surface area contributed by atoms with Gasteiger partial charge >= 0.3 is 0 Å². The number of carbonyl (C=O) groups excluding carboxylic acids is 2. The Bertz CT molecular complexity index is 660. The monoisotopic (exact) mass is 393 g/mol. The van der Waals surface area contributed by atoms with E-state index in [0.717, 1.165) is 5.56 Å². The average Bonchev–Trinajstić information content (AvgIpc) is 2.89. The van der Waals surface area contributed by atoms with Crippen LogP contribution in [0.25, 0.3) is 0 Å². The minimum absolute atomic E-state index is 0. The number of rotatable bonds is 3. The molecule has 1 aromatic carbocycles. The third-order valence-corrected chi connectivity index (χ3v) is 4.54. The summed E-state index contributed by atoms with van der Waals surface area (Å²) in [7, 11) is 0. The topological polar surface area (TPSA) is 52.7 Å². The van der Waals surface area contributed by atoms with Gasteiger partial charge in [0, 0.05) is 31.1 Å². The number of benzene rings is 1. The van der Waals surface area contributed by atoms with Crippen LogP contribution in [-0.2, 0) is 16.1 Å². The Morgan fingerprint density at radius 1 is 1.36 bits per heavy atom. The highest BCUT2D eigenvalue weighted by molar-refractivity contribution is 6.30. The van der Waals surface area contributed by atoms with E-state index in [-0.39, 0.29) is 24.9 Å². The van der Waals surface area contributed by atoms with Crippen LogP contribution in [0.1, 0.15) is 12.0 Å². The zero-order valence-corrected chi connectivity index (χ0v) is 15.0. The minimum Gasteiger partial charge on any atom is -0.335 e. The second-order valence-electron chi connectivity index (χ2n) is 6.20. The van der Waals surface area contributed by atoms with Crippen molar-refractivity contribution in [2.75, 3.05) is 26.2 Å². The first-order valence-electron chi connectivity index (χ1n) is 7.76. The molecule has 2 aliphatic heterocycles. The molecule has 9 heteroatoms. The number of alkyl halides is 2. The van der Waals surface area contributed by atoms with Crippen LogP contribution in [0.3, 0.4) is 0 Å². The molecule has 0 aliphatic carbocycles. The van der Waals surface area contributed by atoms with Crippen molar-refractivity contribution in [3.05, 3.63) is 34.9 Å². The molecule has 2 saturated heterocycles. The summed E-state index contributed by atoms with van der Waals surface area (Å²) in [6, 6.07) is 6.33. The lowest BCUT2D eigenvalue weighted by molar-refractivity contribution is -0.146. The third-order valence-electron chi connectivity index (χ3n) is 4.30. The van der Waals surface area contributed by atoms with Crippen molar-refractivity contribution in [1.29, 1.82) is 0 Å². The molecule has 0 spiro atoms. The van der Waals surface area contributed by atoms with Gasteiger partial charge in [-0.3, -0.25) is 14.9 Å². The molecule has 1 atom stereocenters. The zero-order chi connectivity index (χ0) is 17.3. The highest BCUT2D eigenvalue weighted by Crippen LogP contribution is 2.26. The Labute approximate surface area is 155 Å². The predicted octanol–water partition coefficient (Wildman–Crippen LogP) is 1.93. The van der Waals surface area contributed by atoms with E-state index in [9.17, 15) is 18.4 Å². The number of piperazine rings is 1. The Balaban J connectivity index is 0.00000225. The first-order valence-corrected chi connectivity index (χ1v) is 8.14. The Kier molecular flexibility index (Phi) is 6.24. The molecule has 3 rings (SSSR count). The van der Waals surface area contributed by atoms with Crippen LogP contribution in [0, 0.1) is 0 Å². The smallest absolute Gasteiger partial charge is 0.262 e. The maximum Gasteiger partial charge on any atom is 0.262 e. The van der Waals surface area contributed by atoms with Gasteiger partial charge in [0.15, 0.2) is 0 Å². The number of hydrogen-bond donors (Lipinski definition) is 1. The maximum atomic E-state index is 13.2. The molecule has 0 aromatic heterocycles. The summed E-state index contributed by atoms with van der Waals surface area (Å²) in [5.74, 6) is -3.49. The van der Waals surface area contributed by atoms with Gasteiger partial charge in [0.2, 0.25) is 11.8 Å². The van der Waals surface area contributed by atoms with Gasteiger partial charge in [-0.05, 0) is 17.7 Å². The lowest BCUT2D eigenvalue weighted by Gasteiger charge is -2.35. The molecule has 1 aromatic rings. The SMILES string of the molecule is Cl.O=C1CN(C(=O)C2CC(F)(F)CN2)CCN1Cc1cccc(Cl)c1. The Hall–Kier alpha value is -1.44. The van der Waals surface area contributed by atoms with Gasteiger partial charge in [-0.1, -0.05) is 23.7 Å². The van der Waals surface area contributed by atoms with Crippen molar-refractivity contribution in [3.63, 3.8) is 0 Å². The van der Waals surface area contributed by atoms with Gasteiger partial charge in [-0.15, -0.1) is 12.4 Å². The third kappa shape index (κ3) is 4.80. The fourth-order valence-corrected chi connectivity index (χ4v) is 3.24. The highest BCUT2D eigenvalue weighted by atomic mass is 35.5. The van der Waals surface area contributed by atoms with Crippen LogP contribution >= 0.6 is 24.0 Å². The summed E-state index contributed by atoms with van der Waals surface area (Å²) < 4.78 is 26.4. The van der Waals surface area contributed by atoms with Crippen LogP contribution in [0.5, 0.6) is 0 Å². The van der Waals surface area contributed by atoms with Crippen molar-refractivity contribution < 1.29 is 18.4 Å². The second-order valence-corrected chi connectivity index (χ2v) is 6.64. The largest absolute Gasteiger partial charge is 0.335 e. The summed E-state index contributed by atoms with van der Waals surface area (Å²) in [6.45, 7) is 0.561. The Morgan fingerprint density at radius 2 is 2.12 bits per heavy atom. The maximum absolute atomic E-state index is 13.2. The number of carbonyl (C=O) groups is 2. The van der Waals surface area contributed by atoms with Crippen molar-refractivity contribution in [2.45, 2.75) is 24.9 Å². The average molecular weight is 394 g/mol. The van der Waals surface area contributed by atoms with Gasteiger partial charge in [-0.2, -0.15) is 0 Å². The second kappa shape index (κ2) is 7.85. The van der Waals surface area contributed by atoms with E-state index in [2.05, 4.69) is 5.32 Å². The number of amides is 2. The summed E-state index contributed by atoms with van der Waals surface area (Å²) in [5.41, 5.74) is 0.910. The molecule has 25 heavy (non-hydrogen) atoms. The van der Waals surface area contributed by atoms with Crippen LogP contribution in [0.2, 0.25) is 5.02 Å². The van der Waals surface area contributed by atoms with Gasteiger partial charge in [0.1, 0.15) is 0 Å². The summed E-state index contributed by atoms with van der Waals surface area (Å²) >= 11 is 5.93. The summed E-state index contributed by atoms with van der Waals surface area (Å²) in [5, 5.41) is 3.13. The molecule has 2 amide bonds. The van der Waals surface area contributed by atoms with Gasteiger partial charge in [0.25, 0.3) is 5.92 Å². The van der Waals surface area contributed by atoms with E-state index in [1.54, 1.807) is 17.0 Å². The van der Waals surface area contributed by atoms with Crippen molar-refractivity contribution in [3.8, 4) is 0 Å². The normalized spacial score (nSPS) is 22.7. The van der Waals surface area contributed by atoms with Crippen LogP contribution in [0.4, 0.5) is 8.78 Å². The van der Waals surface area contributed by atoms with E-state index in [1.807, 2.05) is 12.1 Å².